The summed E-state index contributed by atoms with van der Waals surface area (Å²) >= 11 is 3.11. The van der Waals surface area contributed by atoms with Gasteiger partial charge in [0.15, 0.2) is 0 Å². The number of nitrogens with one attached hydrogen (secondary N) is 1. The van der Waals surface area contributed by atoms with Crippen molar-refractivity contribution in [3.63, 3.8) is 0 Å². The van der Waals surface area contributed by atoms with Gasteiger partial charge in [0.25, 0.3) is 0 Å². The summed E-state index contributed by atoms with van der Waals surface area (Å²) in [5.74, 6) is 0.510. The molecule has 5 heteroatoms. The van der Waals surface area contributed by atoms with Crippen LogP contribution in [-0.4, -0.2) is 12.4 Å². The lowest BCUT2D eigenvalue weighted by atomic mass is 9.87. The molecule has 0 unspecified atom stereocenters. The molecule has 18 heavy (non-hydrogen) atoms. The van der Waals surface area contributed by atoms with Crippen molar-refractivity contribution < 1.29 is 9.13 Å². The smallest absolute Gasteiger partial charge is 0.137 e. The standard InChI is InChI=1S/C13H18BrFN2O/c1-13(2,12(16)17)6-3-7-18-9-4-5-11(15)10(14)8-9/h4-5,8H,3,6-7H2,1-2H3,(H3,16,17). The third kappa shape index (κ3) is 4.29. The summed E-state index contributed by atoms with van der Waals surface area (Å²) in [5.41, 5.74) is 5.20. The van der Waals surface area contributed by atoms with Crippen molar-refractivity contribution in [1.82, 2.24) is 0 Å². The van der Waals surface area contributed by atoms with E-state index in [0.717, 1.165) is 12.8 Å². The van der Waals surface area contributed by atoms with E-state index >= 15 is 0 Å². The molecule has 1 aromatic rings. The highest BCUT2D eigenvalue weighted by molar-refractivity contribution is 9.10. The zero-order valence-corrected chi connectivity index (χ0v) is 12.2. The van der Waals surface area contributed by atoms with E-state index < -0.39 is 0 Å². The van der Waals surface area contributed by atoms with E-state index in [-0.39, 0.29) is 17.1 Å². The van der Waals surface area contributed by atoms with Crippen LogP contribution in [0.1, 0.15) is 26.7 Å². The number of ether oxygens (including phenoxy) is 1. The molecule has 0 amide bonds. The Kier molecular flexibility index (Phi) is 5.14. The number of hydrogen-bond donors (Lipinski definition) is 2. The fourth-order valence-corrected chi connectivity index (χ4v) is 1.76. The second-order valence-corrected chi connectivity index (χ2v) is 5.68. The van der Waals surface area contributed by atoms with Crippen molar-refractivity contribution in [2.45, 2.75) is 26.7 Å². The minimum Gasteiger partial charge on any atom is -0.494 e. The first-order valence-electron chi connectivity index (χ1n) is 5.75. The van der Waals surface area contributed by atoms with Gasteiger partial charge >= 0.3 is 0 Å². The Morgan fingerprint density at radius 2 is 2.17 bits per heavy atom. The molecule has 0 bridgehead atoms. The van der Waals surface area contributed by atoms with Gasteiger partial charge in [0.05, 0.1) is 16.9 Å². The van der Waals surface area contributed by atoms with Crippen LogP contribution in [0.25, 0.3) is 0 Å². The van der Waals surface area contributed by atoms with Crippen LogP contribution in [0.3, 0.4) is 0 Å². The van der Waals surface area contributed by atoms with E-state index in [0.29, 0.717) is 16.8 Å². The molecule has 0 heterocycles. The predicted octanol–water partition coefficient (Wildman–Crippen LogP) is 3.71. The Bertz CT molecular complexity index is 435. The number of benzene rings is 1. The molecule has 1 rings (SSSR count). The largest absolute Gasteiger partial charge is 0.494 e. The Balaban J connectivity index is 2.38. The molecular weight excluding hydrogens is 299 g/mol. The van der Waals surface area contributed by atoms with Crippen LogP contribution in [0.2, 0.25) is 0 Å². The minimum atomic E-state index is -0.305. The molecule has 100 valence electrons. The van der Waals surface area contributed by atoms with Gasteiger partial charge < -0.3 is 10.5 Å². The summed E-state index contributed by atoms with van der Waals surface area (Å²) in [7, 11) is 0. The van der Waals surface area contributed by atoms with Crippen LogP contribution in [0.4, 0.5) is 4.39 Å². The van der Waals surface area contributed by atoms with E-state index in [2.05, 4.69) is 15.9 Å². The van der Waals surface area contributed by atoms with Crippen molar-refractivity contribution in [2.24, 2.45) is 11.1 Å². The molecule has 0 fully saturated rings. The molecule has 0 saturated carbocycles. The lowest BCUT2D eigenvalue weighted by Gasteiger charge is -2.22. The molecule has 0 aliphatic carbocycles. The topological polar surface area (TPSA) is 59.1 Å². The van der Waals surface area contributed by atoms with Gasteiger partial charge in [-0.15, -0.1) is 0 Å². The summed E-state index contributed by atoms with van der Waals surface area (Å²) in [6.07, 6.45) is 1.58. The fraction of sp³-hybridized carbons (Fsp3) is 0.462. The molecule has 0 aliphatic rings. The second kappa shape index (κ2) is 6.18. The van der Waals surface area contributed by atoms with Crippen LogP contribution in [0, 0.1) is 16.6 Å². The Labute approximate surface area is 115 Å². The Hall–Kier alpha value is -1.10. The van der Waals surface area contributed by atoms with Gasteiger partial charge in [0, 0.05) is 5.41 Å². The van der Waals surface area contributed by atoms with Crippen LogP contribution < -0.4 is 10.5 Å². The van der Waals surface area contributed by atoms with E-state index in [1.165, 1.54) is 6.07 Å². The van der Waals surface area contributed by atoms with Crippen molar-refractivity contribution in [1.29, 1.82) is 5.41 Å². The average molecular weight is 317 g/mol. The maximum absolute atomic E-state index is 13.0. The maximum atomic E-state index is 13.0. The van der Waals surface area contributed by atoms with Gasteiger partial charge in [-0.1, -0.05) is 13.8 Å². The quantitative estimate of drug-likeness (QED) is 0.477. The third-order valence-electron chi connectivity index (χ3n) is 2.84. The third-order valence-corrected chi connectivity index (χ3v) is 3.44. The monoisotopic (exact) mass is 316 g/mol. The predicted molar refractivity (Wildman–Crippen MR) is 74.5 cm³/mol. The maximum Gasteiger partial charge on any atom is 0.137 e. The molecule has 0 aliphatic heterocycles. The van der Waals surface area contributed by atoms with Crippen molar-refractivity contribution >= 4 is 21.8 Å². The average Bonchev–Trinajstić information content (AvgIpc) is 2.29. The van der Waals surface area contributed by atoms with Crippen molar-refractivity contribution in [3.8, 4) is 5.75 Å². The molecular formula is C13H18BrFN2O. The van der Waals surface area contributed by atoms with Crippen LogP contribution in [0.15, 0.2) is 22.7 Å². The highest BCUT2D eigenvalue weighted by atomic mass is 79.9. The van der Waals surface area contributed by atoms with E-state index in [1.54, 1.807) is 12.1 Å². The number of rotatable bonds is 6. The van der Waals surface area contributed by atoms with Gasteiger partial charge in [0.2, 0.25) is 0 Å². The van der Waals surface area contributed by atoms with Crippen molar-refractivity contribution in [3.05, 3.63) is 28.5 Å². The first-order valence-corrected chi connectivity index (χ1v) is 6.54. The zero-order chi connectivity index (χ0) is 13.8. The molecule has 0 aromatic heterocycles. The van der Waals surface area contributed by atoms with Crippen LogP contribution >= 0.6 is 15.9 Å². The van der Waals surface area contributed by atoms with Gasteiger partial charge in [0.1, 0.15) is 11.6 Å². The lowest BCUT2D eigenvalue weighted by Crippen LogP contribution is -2.31. The van der Waals surface area contributed by atoms with Gasteiger partial charge in [-0.05, 0) is 47.0 Å². The molecule has 0 atom stereocenters. The van der Waals surface area contributed by atoms with E-state index in [9.17, 15) is 4.39 Å². The summed E-state index contributed by atoms with van der Waals surface area (Å²) in [4.78, 5) is 0. The van der Waals surface area contributed by atoms with Crippen LogP contribution in [0.5, 0.6) is 5.75 Å². The number of nitrogens with two attached hydrogens (primary N) is 1. The molecule has 3 nitrogen and oxygen atoms in total. The first kappa shape index (κ1) is 15.0. The minimum absolute atomic E-state index is 0.187. The second-order valence-electron chi connectivity index (χ2n) is 4.83. The summed E-state index contributed by atoms with van der Waals surface area (Å²) in [6.45, 7) is 4.39. The number of hydrogen-bond acceptors (Lipinski definition) is 2. The molecule has 1 aromatic carbocycles. The molecule has 0 radical (unpaired) electrons. The Morgan fingerprint density at radius 1 is 1.50 bits per heavy atom. The van der Waals surface area contributed by atoms with Gasteiger partial charge in [-0.25, -0.2) is 4.39 Å². The highest BCUT2D eigenvalue weighted by Crippen LogP contribution is 2.24. The zero-order valence-electron chi connectivity index (χ0n) is 10.6. The normalized spacial score (nSPS) is 11.3. The first-order chi connectivity index (χ1) is 8.33. The van der Waals surface area contributed by atoms with E-state index in [1.807, 2.05) is 13.8 Å². The SMILES string of the molecule is CC(C)(CCCOc1ccc(F)c(Br)c1)C(=N)N. The highest BCUT2D eigenvalue weighted by Gasteiger charge is 2.20. The summed E-state index contributed by atoms with van der Waals surface area (Å²) < 4.78 is 18.9. The summed E-state index contributed by atoms with van der Waals surface area (Å²) in [5, 5.41) is 7.44. The van der Waals surface area contributed by atoms with Gasteiger partial charge in [-0.2, -0.15) is 0 Å². The molecule has 0 saturated heterocycles. The number of halogens is 2. The Morgan fingerprint density at radius 3 is 2.72 bits per heavy atom. The summed E-state index contributed by atoms with van der Waals surface area (Å²) in [6, 6.07) is 4.56. The van der Waals surface area contributed by atoms with Crippen LogP contribution in [-0.2, 0) is 0 Å². The molecule has 3 N–H and O–H groups in total. The van der Waals surface area contributed by atoms with E-state index in [4.69, 9.17) is 15.9 Å². The van der Waals surface area contributed by atoms with Gasteiger partial charge in [-0.3, -0.25) is 5.41 Å². The fourth-order valence-electron chi connectivity index (χ4n) is 1.41. The molecule has 0 spiro atoms. The van der Waals surface area contributed by atoms with Crippen molar-refractivity contribution in [2.75, 3.05) is 6.61 Å². The number of amidine groups is 1. The lowest BCUT2D eigenvalue weighted by molar-refractivity contribution is 0.286.